The van der Waals surface area contributed by atoms with E-state index in [0.29, 0.717) is 5.56 Å². The van der Waals surface area contributed by atoms with Gasteiger partial charge < -0.3 is 14.2 Å². The maximum absolute atomic E-state index is 11.1. The fraction of sp³-hybridized carbons (Fsp3) is 0.385. The van der Waals surface area contributed by atoms with Crippen molar-refractivity contribution in [2.75, 3.05) is 0 Å². The number of carbonyl (C=O) groups is 3. The number of aromatic nitrogens is 1. The van der Waals surface area contributed by atoms with Crippen LogP contribution >= 0.6 is 0 Å². The van der Waals surface area contributed by atoms with Crippen LogP contribution in [-0.4, -0.2) is 22.9 Å². The van der Waals surface area contributed by atoms with Crippen molar-refractivity contribution in [1.82, 2.24) is 4.98 Å². The minimum Gasteiger partial charge on any atom is -0.424 e. The molecule has 7 nitrogen and oxygen atoms in total. The molecule has 0 aliphatic heterocycles. The lowest BCUT2D eigenvalue weighted by molar-refractivity contribution is -0.187. The monoisotopic (exact) mass is 281 g/mol. The van der Waals surface area contributed by atoms with Gasteiger partial charge in [0.05, 0.1) is 0 Å². The minimum atomic E-state index is -1.36. The van der Waals surface area contributed by atoms with Gasteiger partial charge in [0.25, 0.3) is 6.29 Å². The highest BCUT2D eigenvalue weighted by Gasteiger charge is 2.26. The van der Waals surface area contributed by atoms with E-state index in [-0.39, 0.29) is 11.4 Å². The van der Waals surface area contributed by atoms with Gasteiger partial charge >= 0.3 is 17.9 Å². The van der Waals surface area contributed by atoms with E-state index in [4.69, 9.17) is 14.2 Å². The minimum absolute atomic E-state index is 0.0469. The summed E-state index contributed by atoms with van der Waals surface area (Å²) in [4.78, 5) is 37.2. The molecule has 0 atom stereocenters. The third-order valence-corrected chi connectivity index (χ3v) is 2.14. The molecule has 20 heavy (non-hydrogen) atoms. The molecule has 0 aliphatic carbocycles. The van der Waals surface area contributed by atoms with Crippen LogP contribution in [0.5, 0.6) is 5.75 Å². The summed E-state index contributed by atoms with van der Waals surface area (Å²) in [7, 11) is 0. The zero-order valence-electron chi connectivity index (χ0n) is 11.6. The van der Waals surface area contributed by atoms with E-state index in [1.54, 1.807) is 13.0 Å². The zero-order valence-corrected chi connectivity index (χ0v) is 11.6. The normalized spacial score (nSPS) is 10.1. The fourth-order valence-corrected chi connectivity index (χ4v) is 1.45. The van der Waals surface area contributed by atoms with Crippen LogP contribution in [-0.2, 0) is 23.9 Å². The van der Waals surface area contributed by atoms with E-state index in [9.17, 15) is 14.4 Å². The topological polar surface area (TPSA) is 91.8 Å². The fourth-order valence-electron chi connectivity index (χ4n) is 1.45. The predicted molar refractivity (Wildman–Crippen MR) is 66.6 cm³/mol. The number of hydrogen-bond donors (Lipinski definition) is 0. The van der Waals surface area contributed by atoms with Crippen molar-refractivity contribution in [2.24, 2.45) is 0 Å². The van der Waals surface area contributed by atoms with E-state index in [2.05, 4.69) is 4.98 Å². The Bertz CT molecular complexity index is 524. The van der Waals surface area contributed by atoms with E-state index in [1.165, 1.54) is 13.1 Å². The van der Waals surface area contributed by atoms with E-state index < -0.39 is 24.2 Å². The first kappa shape index (κ1) is 15.6. The average Bonchev–Trinajstić information content (AvgIpc) is 2.29. The second-order valence-electron chi connectivity index (χ2n) is 3.99. The average molecular weight is 281 g/mol. The Morgan fingerprint density at radius 1 is 1.05 bits per heavy atom. The highest BCUT2D eigenvalue weighted by molar-refractivity contribution is 5.71. The molecule has 1 rings (SSSR count). The molecule has 0 saturated heterocycles. The first-order chi connectivity index (χ1) is 9.31. The molecule has 0 unspecified atom stereocenters. The molecule has 0 amide bonds. The SMILES string of the molecule is CC(=O)Oc1c(C)ccnc1C(OC(C)=O)OC(C)=O. The number of rotatable bonds is 4. The Kier molecular flexibility index (Phi) is 5.19. The number of pyridine rings is 1. The van der Waals surface area contributed by atoms with Crippen LogP contribution in [0.3, 0.4) is 0 Å². The number of hydrogen-bond acceptors (Lipinski definition) is 7. The van der Waals surface area contributed by atoms with E-state index >= 15 is 0 Å². The molecule has 0 radical (unpaired) electrons. The lowest BCUT2D eigenvalue weighted by Gasteiger charge is -2.19. The van der Waals surface area contributed by atoms with Gasteiger partial charge in [-0.05, 0) is 18.6 Å². The van der Waals surface area contributed by atoms with Gasteiger partial charge in [0.2, 0.25) is 0 Å². The summed E-state index contributed by atoms with van der Waals surface area (Å²) >= 11 is 0. The van der Waals surface area contributed by atoms with E-state index in [1.807, 2.05) is 0 Å². The molecule has 1 aromatic heterocycles. The van der Waals surface area contributed by atoms with Gasteiger partial charge in [-0.25, -0.2) is 4.98 Å². The van der Waals surface area contributed by atoms with Crippen molar-refractivity contribution in [3.8, 4) is 5.75 Å². The Morgan fingerprint density at radius 2 is 1.60 bits per heavy atom. The summed E-state index contributed by atoms with van der Waals surface area (Å²) in [6.45, 7) is 5.24. The standard InChI is InChI=1S/C13H15NO6/c1-7-5-6-14-11(12(7)18-8(2)15)13(19-9(3)16)20-10(4)17/h5-6,13H,1-4H3. The summed E-state index contributed by atoms with van der Waals surface area (Å²) in [5.41, 5.74) is 0.639. The van der Waals surface area contributed by atoms with Crippen LogP contribution in [0, 0.1) is 6.92 Å². The highest BCUT2D eigenvalue weighted by atomic mass is 16.7. The number of aryl methyl sites for hydroxylation is 1. The van der Waals surface area contributed by atoms with Crippen LogP contribution in [0.4, 0.5) is 0 Å². The molecule has 0 fully saturated rings. The van der Waals surface area contributed by atoms with Crippen molar-refractivity contribution in [2.45, 2.75) is 34.0 Å². The third-order valence-electron chi connectivity index (χ3n) is 2.14. The third kappa shape index (κ3) is 4.34. The number of nitrogens with zero attached hydrogens (tertiary/aromatic N) is 1. The molecule has 1 aromatic rings. The van der Waals surface area contributed by atoms with Gasteiger partial charge in [-0.15, -0.1) is 0 Å². The van der Waals surface area contributed by atoms with Gasteiger partial charge in [0.15, 0.2) is 11.4 Å². The Labute approximate surface area is 115 Å². The highest BCUT2D eigenvalue weighted by Crippen LogP contribution is 2.30. The summed E-state index contributed by atoms with van der Waals surface area (Å²) in [5, 5.41) is 0. The second kappa shape index (κ2) is 6.65. The number of ether oxygens (including phenoxy) is 3. The second-order valence-corrected chi connectivity index (χ2v) is 3.99. The largest absolute Gasteiger partial charge is 0.424 e. The van der Waals surface area contributed by atoms with Crippen LogP contribution < -0.4 is 4.74 Å². The quantitative estimate of drug-likeness (QED) is 0.609. The van der Waals surface area contributed by atoms with Gasteiger partial charge in [-0.2, -0.15) is 0 Å². The Balaban J connectivity index is 3.23. The molecule has 0 bridgehead atoms. The van der Waals surface area contributed by atoms with E-state index in [0.717, 1.165) is 13.8 Å². The van der Waals surface area contributed by atoms with Crippen LogP contribution in [0.1, 0.15) is 38.3 Å². The first-order valence-electron chi connectivity index (χ1n) is 5.79. The molecule has 7 heteroatoms. The van der Waals surface area contributed by atoms with Crippen molar-refractivity contribution < 1.29 is 28.6 Å². The van der Waals surface area contributed by atoms with Crippen LogP contribution in [0.2, 0.25) is 0 Å². The van der Waals surface area contributed by atoms with Crippen molar-refractivity contribution in [1.29, 1.82) is 0 Å². The Hall–Kier alpha value is -2.44. The molecular weight excluding hydrogens is 266 g/mol. The molecule has 0 aliphatic rings. The molecule has 108 valence electrons. The summed E-state index contributed by atoms with van der Waals surface area (Å²) in [6, 6.07) is 1.61. The maximum atomic E-state index is 11.1. The van der Waals surface area contributed by atoms with Crippen molar-refractivity contribution >= 4 is 17.9 Å². The molecule has 0 aromatic carbocycles. The zero-order chi connectivity index (χ0) is 15.3. The lowest BCUT2D eigenvalue weighted by atomic mass is 10.2. The summed E-state index contributed by atoms with van der Waals surface area (Å²) in [5.74, 6) is -1.78. The molecule has 0 spiro atoms. The molecular formula is C13H15NO6. The van der Waals surface area contributed by atoms with Crippen molar-refractivity contribution in [3.05, 3.63) is 23.5 Å². The number of esters is 3. The Morgan fingerprint density at radius 3 is 2.05 bits per heavy atom. The van der Waals surface area contributed by atoms with Crippen molar-refractivity contribution in [3.63, 3.8) is 0 Å². The van der Waals surface area contributed by atoms with Gasteiger partial charge in [0.1, 0.15) is 0 Å². The van der Waals surface area contributed by atoms with Gasteiger partial charge in [-0.3, -0.25) is 14.4 Å². The van der Waals surface area contributed by atoms with Crippen LogP contribution in [0.15, 0.2) is 12.3 Å². The molecule has 0 saturated carbocycles. The molecule has 0 N–H and O–H groups in total. The smallest absolute Gasteiger partial charge is 0.308 e. The maximum Gasteiger partial charge on any atom is 0.308 e. The summed E-state index contributed by atoms with van der Waals surface area (Å²) < 4.78 is 14.8. The number of carbonyl (C=O) groups excluding carboxylic acids is 3. The lowest BCUT2D eigenvalue weighted by Crippen LogP contribution is -2.18. The van der Waals surface area contributed by atoms with Gasteiger partial charge in [0, 0.05) is 27.0 Å². The predicted octanol–water partition coefficient (Wildman–Crippen LogP) is 1.44. The first-order valence-corrected chi connectivity index (χ1v) is 5.79. The summed E-state index contributed by atoms with van der Waals surface area (Å²) in [6.07, 6.45) is 0.0664. The van der Waals surface area contributed by atoms with Crippen LogP contribution in [0.25, 0.3) is 0 Å². The van der Waals surface area contributed by atoms with Gasteiger partial charge in [-0.1, -0.05) is 0 Å². The molecule has 1 heterocycles.